The fourth-order valence-electron chi connectivity index (χ4n) is 2.69. The molecule has 2 rings (SSSR count). The maximum atomic E-state index is 10.8. The zero-order chi connectivity index (χ0) is 14.5. The van der Waals surface area contributed by atoms with E-state index in [4.69, 9.17) is 9.84 Å². The molecule has 5 heteroatoms. The minimum atomic E-state index is -0.761. The number of carboxylic acid groups (broad SMARTS) is 1. The van der Waals surface area contributed by atoms with Crippen LogP contribution in [-0.4, -0.2) is 31.3 Å². The van der Waals surface area contributed by atoms with E-state index in [9.17, 15) is 10.1 Å². The quantitative estimate of drug-likeness (QED) is 0.911. The molecule has 5 nitrogen and oxygen atoms in total. The fraction of sp³-hybridized carbons (Fsp3) is 0.467. The second-order valence-electron chi connectivity index (χ2n) is 5.05. The van der Waals surface area contributed by atoms with E-state index < -0.39 is 5.97 Å². The van der Waals surface area contributed by atoms with E-state index in [0.717, 1.165) is 25.1 Å². The fourth-order valence-corrected chi connectivity index (χ4v) is 2.69. The zero-order valence-electron chi connectivity index (χ0n) is 11.5. The molecule has 1 aliphatic heterocycles. The molecule has 1 heterocycles. The summed E-state index contributed by atoms with van der Waals surface area (Å²) in [6, 6.07) is 7.54. The molecule has 1 aromatic carbocycles. The van der Waals surface area contributed by atoms with Gasteiger partial charge in [-0.2, -0.15) is 5.26 Å². The van der Waals surface area contributed by atoms with E-state index >= 15 is 0 Å². The number of nitrogens with zero attached hydrogens (tertiary/aromatic N) is 2. The Hall–Kier alpha value is -2.22. The number of rotatable bonds is 4. The maximum Gasteiger partial charge on any atom is 0.303 e. The minimum absolute atomic E-state index is 0.138. The Morgan fingerprint density at radius 2 is 2.40 bits per heavy atom. The molecule has 1 N–H and O–H groups in total. The third-order valence-electron chi connectivity index (χ3n) is 3.65. The highest BCUT2D eigenvalue weighted by atomic mass is 16.5. The van der Waals surface area contributed by atoms with Crippen LogP contribution in [0.5, 0.6) is 5.75 Å². The summed E-state index contributed by atoms with van der Waals surface area (Å²) in [5.74, 6) is 0.0846. The highest BCUT2D eigenvalue weighted by Gasteiger charge is 2.24. The number of benzene rings is 1. The van der Waals surface area contributed by atoms with Gasteiger partial charge in [0.25, 0.3) is 0 Å². The molecular formula is C15H18N2O3. The average molecular weight is 274 g/mol. The summed E-state index contributed by atoms with van der Waals surface area (Å²) in [5.41, 5.74) is 1.43. The second kappa shape index (κ2) is 6.29. The van der Waals surface area contributed by atoms with Gasteiger partial charge in [0.1, 0.15) is 11.8 Å². The SMILES string of the molecule is COc1ccc(C#N)c(N2CCCC(CC(=O)O)C2)c1. The third-order valence-corrected chi connectivity index (χ3v) is 3.65. The van der Waals surface area contributed by atoms with Gasteiger partial charge in [-0.25, -0.2) is 0 Å². The molecule has 0 amide bonds. The van der Waals surface area contributed by atoms with E-state index in [1.165, 1.54) is 0 Å². The number of hydrogen-bond acceptors (Lipinski definition) is 4. The van der Waals surface area contributed by atoms with Gasteiger partial charge in [0.2, 0.25) is 0 Å². The first-order valence-electron chi connectivity index (χ1n) is 6.69. The maximum absolute atomic E-state index is 10.8. The Morgan fingerprint density at radius 3 is 3.05 bits per heavy atom. The van der Waals surface area contributed by atoms with Crippen LogP contribution < -0.4 is 9.64 Å². The van der Waals surface area contributed by atoms with Crippen molar-refractivity contribution in [2.45, 2.75) is 19.3 Å². The highest BCUT2D eigenvalue weighted by molar-refractivity contribution is 5.67. The zero-order valence-corrected chi connectivity index (χ0v) is 11.5. The molecule has 1 fully saturated rings. The molecule has 106 valence electrons. The topological polar surface area (TPSA) is 73.6 Å². The third kappa shape index (κ3) is 3.21. The molecule has 1 unspecified atom stereocenters. The lowest BCUT2D eigenvalue weighted by Gasteiger charge is -2.34. The van der Waals surface area contributed by atoms with Crippen molar-refractivity contribution in [2.24, 2.45) is 5.92 Å². The standard InChI is InChI=1S/C15H18N2O3/c1-20-13-5-4-12(9-16)14(8-13)17-6-2-3-11(10-17)7-15(18)19/h4-5,8,11H,2-3,6-7,10H2,1H3,(H,18,19). The van der Waals surface area contributed by atoms with Crippen LogP contribution in [0.2, 0.25) is 0 Å². The molecule has 1 saturated heterocycles. The Morgan fingerprint density at radius 1 is 1.60 bits per heavy atom. The predicted octanol–water partition coefficient (Wildman–Crippen LogP) is 2.26. The van der Waals surface area contributed by atoms with Crippen molar-refractivity contribution >= 4 is 11.7 Å². The van der Waals surface area contributed by atoms with Gasteiger partial charge in [-0.1, -0.05) is 0 Å². The number of nitriles is 1. The predicted molar refractivity (Wildman–Crippen MR) is 74.9 cm³/mol. The monoisotopic (exact) mass is 274 g/mol. The summed E-state index contributed by atoms with van der Waals surface area (Å²) >= 11 is 0. The highest BCUT2D eigenvalue weighted by Crippen LogP contribution is 2.30. The summed E-state index contributed by atoms with van der Waals surface area (Å²) in [5, 5.41) is 18.1. The first-order chi connectivity index (χ1) is 9.63. The molecule has 0 radical (unpaired) electrons. The molecule has 1 aliphatic rings. The van der Waals surface area contributed by atoms with Gasteiger partial charge < -0.3 is 14.7 Å². The van der Waals surface area contributed by atoms with Crippen molar-refractivity contribution in [3.05, 3.63) is 23.8 Å². The molecule has 20 heavy (non-hydrogen) atoms. The molecular weight excluding hydrogens is 256 g/mol. The lowest BCUT2D eigenvalue weighted by atomic mass is 9.94. The molecule has 0 saturated carbocycles. The van der Waals surface area contributed by atoms with Crippen LogP contribution in [0.25, 0.3) is 0 Å². The summed E-state index contributed by atoms with van der Waals surface area (Å²) in [4.78, 5) is 12.9. The van der Waals surface area contributed by atoms with E-state index in [1.807, 2.05) is 6.07 Å². The van der Waals surface area contributed by atoms with E-state index in [1.54, 1.807) is 19.2 Å². The van der Waals surface area contributed by atoms with E-state index in [2.05, 4.69) is 11.0 Å². The van der Waals surface area contributed by atoms with Crippen LogP contribution in [0.1, 0.15) is 24.8 Å². The second-order valence-corrected chi connectivity index (χ2v) is 5.05. The van der Waals surface area contributed by atoms with Gasteiger partial charge >= 0.3 is 5.97 Å². The summed E-state index contributed by atoms with van der Waals surface area (Å²) in [6.45, 7) is 1.52. The van der Waals surface area contributed by atoms with Crippen LogP contribution in [0.4, 0.5) is 5.69 Å². The van der Waals surface area contributed by atoms with Crippen molar-refractivity contribution in [1.82, 2.24) is 0 Å². The van der Waals surface area contributed by atoms with Crippen LogP contribution in [0.15, 0.2) is 18.2 Å². The molecule has 0 aliphatic carbocycles. The van der Waals surface area contributed by atoms with Crippen LogP contribution in [0.3, 0.4) is 0 Å². The minimum Gasteiger partial charge on any atom is -0.497 e. The first kappa shape index (κ1) is 14.2. The van der Waals surface area contributed by atoms with Crippen LogP contribution >= 0.6 is 0 Å². The lowest BCUT2D eigenvalue weighted by molar-refractivity contribution is -0.138. The summed E-state index contributed by atoms with van der Waals surface area (Å²) in [6.07, 6.45) is 2.05. The number of methoxy groups -OCH3 is 1. The average Bonchev–Trinajstić information content (AvgIpc) is 2.46. The van der Waals surface area contributed by atoms with Gasteiger partial charge in [0.15, 0.2) is 0 Å². The van der Waals surface area contributed by atoms with Crippen LogP contribution in [0, 0.1) is 17.2 Å². The van der Waals surface area contributed by atoms with Gasteiger partial charge in [-0.15, -0.1) is 0 Å². The lowest BCUT2D eigenvalue weighted by Crippen LogP contribution is -2.36. The Bertz CT molecular complexity index is 536. The number of ether oxygens (including phenoxy) is 1. The van der Waals surface area contributed by atoms with Gasteiger partial charge in [0, 0.05) is 25.6 Å². The van der Waals surface area contributed by atoms with Crippen LogP contribution in [-0.2, 0) is 4.79 Å². The number of anilines is 1. The number of hydrogen-bond donors (Lipinski definition) is 1. The number of carboxylic acids is 1. The number of carbonyl (C=O) groups is 1. The van der Waals surface area contributed by atoms with Crippen molar-refractivity contribution in [1.29, 1.82) is 5.26 Å². The smallest absolute Gasteiger partial charge is 0.303 e. The molecule has 0 aromatic heterocycles. The molecule has 0 spiro atoms. The number of piperidine rings is 1. The largest absolute Gasteiger partial charge is 0.497 e. The van der Waals surface area contributed by atoms with E-state index in [-0.39, 0.29) is 12.3 Å². The van der Waals surface area contributed by atoms with Crippen molar-refractivity contribution in [3.63, 3.8) is 0 Å². The molecule has 0 bridgehead atoms. The normalized spacial score (nSPS) is 18.4. The Kier molecular flexibility index (Phi) is 4.46. The van der Waals surface area contributed by atoms with Crippen molar-refractivity contribution < 1.29 is 14.6 Å². The Labute approximate surface area is 118 Å². The molecule has 1 aromatic rings. The number of aliphatic carboxylic acids is 1. The summed E-state index contributed by atoms with van der Waals surface area (Å²) in [7, 11) is 1.59. The van der Waals surface area contributed by atoms with Crippen molar-refractivity contribution in [2.75, 3.05) is 25.1 Å². The van der Waals surface area contributed by atoms with Gasteiger partial charge in [-0.05, 0) is 30.9 Å². The van der Waals surface area contributed by atoms with Gasteiger partial charge in [0.05, 0.1) is 18.4 Å². The first-order valence-corrected chi connectivity index (χ1v) is 6.69. The van der Waals surface area contributed by atoms with Gasteiger partial charge in [-0.3, -0.25) is 4.79 Å². The molecule has 1 atom stereocenters. The summed E-state index contributed by atoms with van der Waals surface area (Å²) < 4.78 is 5.21. The Balaban J connectivity index is 2.21. The van der Waals surface area contributed by atoms with E-state index in [0.29, 0.717) is 17.9 Å². The van der Waals surface area contributed by atoms with Crippen molar-refractivity contribution in [3.8, 4) is 11.8 Å².